The lowest BCUT2D eigenvalue weighted by atomic mass is 10.00. The molecule has 0 N–H and O–H groups in total. The first kappa shape index (κ1) is 17.9. The van der Waals surface area contributed by atoms with Crippen LogP contribution < -0.4 is 9.64 Å². The van der Waals surface area contributed by atoms with Crippen molar-refractivity contribution in [2.24, 2.45) is 0 Å². The summed E-state index contributed by atoms with van der Waals surface area (Å²) in [5, 5.41) is 9.49. The van der Waals surface area contributed by atoms with E-state index in [1.54, 1.807) is 6.08 Å². The highest BCUT2D eigenvalue weighted by Crippen LogP contribution is 2.28. The number of oxazole rings is 1. The lowest BCUT2D eigenvalue weighted by molar-refractivity contribution is 0.340. The van der Waals surface area contributed by atoms with Crippen molar-refractivity contribution in [2.75, 3.05) is 18.1 Å². The third-order valence-corrected chi connectivity index (χ3v) is 4.76. The van der Waals surface area contributed by atoms with E-state index in [0.717, 1.165) is 30.8 Å². The number of anilines is 1. The molecule has 3 aromatic rings. The van der Waals surface area contributed by atoms with Gasteiger partial charge in [0.05, 0.1) is 6.61 Å². The summed E-state index contributed by atoms with van der Waals surface area (Å²) in [6.45, 7) is 4.14. The molecule has 0 atom stereocenters. The molecule has 5 nitrogen and oxygen atoms in total. The molecule has 1 aliphatic heterocycles. The van der Waals surface area contributed by atoms with Gasteiger partial charge in [-0.15, -0.1) is 0 Å². The maximum Gasteiger partial charge on any atom is 0.235 e. The Balaban J connectivity index is 1.53. The van der Waals surface area contributed by atoms with Crippen molar-refractivity contribution in [2.45, 2.75) is 19.9 Å². The van der Waals surface area contributed by atoms with Crippen LogP contribution in [0.2, 0.25) is 0 Å². The minimum atomic E-state index is 0.325. The molecule has 5 heteroatoms. The van der Waals surface area contributed by atoms with Gasteiger partial charge < -0.3 is 14.1 Å². The molecule has 1 aromatic heterocycles. The van der Waals surface area contributed by atoms with Crippen LogP contribution in [0.3, 0.4) is 0 Å². The van der Waals surface area contributed by atoms with Gasteiger partial charge in [0.15, 0.2) is 0 Å². The van der Waals surface area contributed by atoms with Crippen LogP contribution in [0, 0.1) is 11.3 Å². The van der Waals surface area contributed by atoms with Crippen LogP contribution in [0.15, 0.2) is 52.9 Å². The summed E-state index contributed by atoms with van der Waals surface area (Å²) < 4.78 is 11.4. The highest BCUT2D eigenvalue weighted by atomic mass is 16.5. The summed E-state index contributed by atoms with van der Waals surface area (Å²) in [7, 11) is 0. The Morgan fingerprint density at radius 3 is 2.68 bits per heavy atom. The Bertz CT molecular complexity index is 1030. The minimum absolute atomic E-state index is 0.325. The van der Waals surface area contributed by atoms with Crippen molar-refractivity contribution in [3.63, 3.8) is 0 Å². The topological polar surface area (TPSA) is 62.3 Å². The fourth-order valence-electron chi connectivity index (χ4n) is 3.37. The molecular formula is C23H21N3O2. The Kier molecular flexibility index (Phi) is 5.11. The van der Waals surface area contributed by atoms with E-state index in [4.69, 9.17) is 9.15 Å². The van der Waals surface area contributed by atoms with Crippen molar-refractivity contribution >= 4 is 18.0 Å². The van der Waals surface area contributed by atoms with Gasteiger partial charge in [0.1, 0.15) is 11.8 Å². The molecular weight excluding hydrogens is 350 g/mol. The molecule has 0 saturated carbocycles. The summed E-state index contributed by atoms with van der Waals surface area (Å²) >= 11 is 0. The Labute approximate surface area is 164 Å². The van der Waals surface area contributed by atoms with Crippen LogP contribution in [0.5, 0.6) is 5.75 Å². The average molecular weight is 371 g/mol. The second-order valence-electron chi connectivity index (χ2n) is 6.59. The Morgan fingerprint density at radius 1 is 1.14 bits per heavy atom. The maximum atomic E-state index is 9.49. The summed E-state index contributed by atoms with van der Waals surface area (Å²) in [6, 6.07) is 18.3. The molecule has 0 amide bonds. The highest BCUT2D eigenvalue weighted by Gasteiger charge is 2.23. The largest absolute Gasteiger partial charge is 0.494 e. The predicted octanol–water partition coefficient (Wildman–Crippen LogP) is 4.68. The Hall–Kier alpha value is -3.52. The van der Waals surface area contributed by atoms with Crippen LogP contribution in [0.1, 0.15) is 35.2 Å². The molecule has 0 radical (unpaired) electrons. The van der Waals surface area contributed by atoms with Gasteiger partial charge in [-0.05, 0) is 48.2 Å². The van der Waals surface area contributed by atoms with Crippen molar-refractivity contribution in [1.82, 2.24) is 4.98 Å². The number of fused-ring (bicyclic) bond motifs is 1. The number of ether oxygens (including phenoxy) is 1. The summed E-state index contributed by atoms with van der Waals surface area (Å²) in [6.07, 6.45) is 4.63. The highest BCUT2D eigenvalue weighted by molar-refractivity contribution is 5.67. The van der Waals surface area contributed by atoms with E-state index in [-0.39, 0.29) is 0 Å². The van der Waals surface area contributed by atoms with Gasteiger partial charge in [0, 0.05) is 19.2 Å². The van der Waals surface area contributed by atoms with E-state index in [9.17, 15) is 5.26 Å². The molecule has 2 heterocycles. The summed E-state index contributed by atoms with van der Waals surface area (Å²) in [5.74, 6) is 1.82. The average Bonchev–Trinajstić information content (AvgIpc) is 3.16. The zero-order valence-electron chi connectivity index (χ0n) is 15.8. The van der Waals surface area contributed by atoms with Gasteiger partial charge in [0.2, 0.25) is 17.5 Å². The number of hydrogen-bond acceptors (Lipinski definition) is 5. The monoisotopic (exact) mass is 371 g/mol. The standard InChI is InChI=1S/C23H21N3O2/c1-2-27-20-10-7-17(8-11-20)9-12-22-25-21(15-24)23(28-22)26-14-13-18-5-3-4-6-19(18)16-26/h3-12H,2,13-14,16H2,1H3/b12-9+. The summed E-state index contributed by atoms with van der Waals surface area (Å²) in [5.41, 5.74) is 3.95. The van der Waals surface area contributed by atoms with Crippen LogP contribution in [0.25, 0.3) is 12.2 Å². The number of hydrogen-bond donors (Lipinski definition) is 0. The zero-order chi connectivity index (χ0) is 19.3. The van der Waals surface area contributed by atoms with Crippen molar-refractivity contribution in [3.05, 3.63) is 76.8 Å². The van der Waals surface area contributed by atoms with Gasteiger partial charge >= 0.3 is 0 Å². The second-order valence-corrected chi connectivity index (χ2v) is 6.59. The second kappa shape index (κ2) is 8.01. The molecule has 0 unspecified atom stereocenters. The fraction of sp³-hybridized carbons (Fsp3) is 0.217. The SMILES string of the molecule is CCOc1ccc(/C=C/c2nc(C#N)c(N3CCc4ccccc4C3)o2)cc1. The molecule has 28 heavy (non-hydrogen) atoms. The lowest BCUT2D eigenvalue weighted by Gasteiger charge is -2.28. The first-order chi connectivity index (χ1) is 13.8. The van der Waals surface area contributed by atoms with Crippen LogP contribution in [0.4, 0.5) is 5.88 Å². The quantitative estimate of drug-likeness (QED) is 0.652. The number of aromatic nitrogens is 1. The van der Waals surface area contributed by atoms with Gasteiger partial charge in [-0.1, -0.05) is 36.4 Å². The summed E-state index contributed by atoms with van der Waals surface area (Å²) in [4.78, 5) is 6.43. The molecule has 0 fully saturated rings. The van der Waals surface area contributed by atoms with Crippen LogP contribution in [-0.2, 0) is 13.0 Å². The molecule has 4 rings (SSSR count). The maximum absolute atomic E-state index is 9.49. The van der Waals surface area contributed by atoms with Crippen molar-refractivity contribution in [1.29, 1.82) is 5.26 Å². The van der Waals surface area contributed by atoms with Crippen LogP contribution >= 0.6 is 0 Å². The lowest BCUT2D eigenvalue weighted by Crippen LogP contribution is -2.30. The molecule has 140 valence electrons. The number of nitriles is 1. The Morgan fingerprint density at radius 2 is 1.93 bits per heavy atom. The number of benzene rings is 2. The van der Waals surface area contributed by atoms with E-state index in [0.29, 0.717) is 24.1 Å². The molecule has 0 spiro atoms. The van der Waals surface area contributed by atoms with E-state index >= 15 is 0 Å². The van der Waals surface area contributed by atoms with Gasteiger partial charge in [-0.25, -0.2) is 0 Å². The third kappa shape index (κ3) is 3.77. The van der Waals surface area contributed by atoms with Gasteiger partial charge in [-0.3, -0.25) is 0 Å². The van der Waals surface area contributed by atoms with E-state index < -0.39 is 0 Å². The first-order valence-electron chi connectivity index (χ1n) is 9.40. The van der Waals surface area contributed by atoms with E-state index in [1.165, 1.54) is 11.1 Å². The predicted molar refractivity (Wildman–Crippen MR) is 109 cm³/mol. The van der Waals surface area contributed by atoms with Crippen molar-refractivity contribution in [3.8, 4) is 11.8 Å². The van der Waals surface area contributed by atoms with E-state index in [1.807, 2.05) is 43.3 Å². The third-order valence-electron chi connectivity index (χ3n) is 4.76. The molecule has 0 saturated heterocycles. The number of rotatable bonds is 5. The number of nitrogens with zero attached hydrogens (tertiary/aromatic N) is 3. The van der Waals surface area contributed by atoms with Crippen LogP contribution in [-0.4, -0.2) is 18.1 Å². The molecule has 1 aliphatic rings. The van der Waals surface area contributed by atoms with Crippen molar-refractivity contribution < 1.29 is 9.15 Å². The minimum Gasteiger partial charge on any atom is -0.494 e. The molecule has 0 aliphatic carbocycles. The smallest absolute Gasteiger partial charge is 0.235 e. The molecule has 0 bridgehead atoms. The molecule has 2 aromatic carbocycles. The zero-order valence-corrected chi connectivity index (χ0v) is 15.8. The normalized spacial score (nSPS) is 13.4. The van der Waals surface area contributed by atoms with Gasteiger partial charge in [0.25, 0.3) is 0 Å². The fourth-order valence-corrected chi connectivity index (χ4v) is 3.37. The first-order valence-corrected chi connectivity index (χ1v) is 9.40. The van der Waals surface area contributed by atoms with E-state index in [2.05, 4.69) is 34.2 Å². The van der Waals surface area contributed by atoms with Gasteiger partial charge in [-0.2, -0.15) is 10.2 Å².